The highest BCUT2D eigenvalue weighted by Crippen LogP contribution is 2.12. The van der Waals surface area contributed by atoms with Crippen LogP contribution in [0.2, 0.25) is 0 Å². The summed E-state index contributed by atoms with van der Waals surface area (Å²) in [5, 5.41) is 3.27. The molecule has 1 saturated heterocycles. The fraction of sp³-hybridized carbons (Fsp3) is 0.533. The van der Waals surface area contributed by atoms with Crippen molar-refractivity contribution in [1.29, 1.82) is 0 Å². The molecule has 0 atom stereocenters. The van der Waals surface area contributed by atoms with Crippen LogP contribution < -0.4 is 10.1 Å². The monoisotopic (exact) mass is 262 g/mol. The van der Waals surface area contributed by atoms with Gasteiger partial charge < -0.3 is 15.0 Å². The van der Waals surface area contributed by atoms with Crippen molar-refractivity contribution in [3.8, 4) is 5.75 Å². The molecule has 1 N–H and O–H groups in total. The number of carbonyl (C=O) groups is 1. The second kappa shape index (κ2) is 7.14. The smallest absolute Gasteiger partial charge is 0.225 e. The van der Waals surface area contributed by atoms with E-state index in [1.807, 2.05) is 42.3 Å². The number of para-hydroxylation sites is 1. The van der Waals surface area contributed by atoms with Crippen molar-refractivity contribution in [3.63, 3.8) is 0 Å². The fourth-order valence-corrected chi connectivity index (χ4v) is 2.35. The molecule has 1 heterocycles. The molecule has 104 valence electrons. The first kappa shape index (κ1) is 13.9. The zero-order valence-electron chi connectivity index (χ0n) is 11.5. The SMILES string of the molecule is CNC1CCN(C(=O)CCOc2ccccc2)CC1. The predicted octanol–water partition coefficient (Wildman–Crippen LogP) is 1.67. The third kappa shape index (κ3) is 4.24. The van der Waals surface area contributed by atoms with E-state index in [0.29, 0.717) is 19.1 Å². The van der Waals surface area contributed by atoms with E-state index in [-0.39, 0.29) is 5.91 Å². The normalized spacial score (nSPS) is 16.4. The minimum atomic E-state index is 0.200. The predicted molar refractivity (Wildman–Crippen MR) is 75.2 cm³/mol. The molecule has 0 bridgehead atoms. The summed E-state index contributed by atoms with van der Waals surface area (Å²) in [6, 6.07) is 10.2. The molecule has 4 heteroatoms. The molecule has 1 fully saturated rings. The van der Waals surface area contributed by atoms with E-state index in [4.69, 9.17) is 4.74 Å². The quantitative estimate of drug-likeness (QED) is 0.877. The molecule has 0 aromatic heterocycles. The zero-order chi connectivity index (χ0) is 13.5. The maximum absolute atomic E-state index is 12.0. The Bertz CT molecular complexity index is 386. The van der Waals surface area contributed by atoms with Gasteiger partial charge in [0, 0.05) is 19.1 Å². The Hall–Kier alpha value is -1.55. The Balaban J connectivity index is 1.67. The minimum Gasteiger partial charge on any atom is -0.493 e. The Morgan fingerprint density at radius 1 is 1.32 bits per heavy atom. The summed E-state index contributed by atoms with van der Waals surface area (Å²) in [6.45, 7) is 2.17. The van der Waals surface area contributed by atoms with Gasteiger partial charge in [0.2, 0.25) is 5.91 Å². The number of nitrogens with one attached hydrogen (secondary N) is 1. The molecule has 1 aliphatic rings. The van der Waals surface area contributed by atoms with Gasteiger partial charge in [-0.2, -0.15) is 0 Å². The number of rotatable bonds is 5. The van der Waals surface area contributed by atoms with Crippen molar-refractivity contribution >= 4 is 5.91 Å². The summed E-state index contributed by atoms with van der Waals surface area (Å²) < 4.78 is 5.55. The highest BCUT2D eigenvalue weighted by molar-refractivity contribution is 5.76. The van der Waals surface area contributed by atoms with Gasteiger partial charge in [-0.05, 0) is 32.0 Å². The molecule has 0 radical (unpaired) electrons. The van der Waals surface area contributed by atoms with Crippen LogP contribution in [0.1, 0.15) is 19.3 Å². The van der Waals surface area contributed by atoms with Crippen molar-refractivity contribution < 1.29 is 9.53 Å². The van der Waals surface area contributed by atoms with Gasteiger partial charge in [0.1, 0.15) is 5.75 Å². The van der Waals surface area contributed by atoms with Crippen LogP contribution >= 0.6 is 0 Å². The summed E-state index contributed by atoms with van der Waals surface area (Å²) in [4.78, 5) is 14.0. The molecule has 4 nitrogen and oxygen atoms in total. The largest absolute Gasteiger partial charge is 0.493 e. The molecule has 0 saturated carbocycles. The molecular weight excluding hydrogens is 240 g/mol. The van der Waals surface area contributed by atoms with Gasteiger partial charge in [0.05, 0.1) is 13.0 Å². The number of piperidine rings is 1. The van der Waals surface area contributed by atoms with Gasteiger partial charge in [-0.25, -0.2) is 0 Å². The van der Waals surface area contributed by atoms with Gasteiger partial charge in [-0.1, -0.05) is 18.2 Å². The van der Waals surface area contributed by atoms with Crippen LogP contribution in [0, 0.1) is 0 Å². The molecule has 0 unspecified atom stereocenters. The average molecular weight is 262 g/mol. The summed E-state index contributed by atoms with van der Waals surface area (Å²) in [5.74, 6) is 1.02. The van der Waals surface area contributed by atoms with Gasteiger partial charge in [-0.15, -0.1) is 0 Å². The van der Waals surface area contributed by atoms with Crippen LogP contribution in [-0.2, 0) is 4.79 Å². The highest BCUT2D eigenvalue weighted by atomic mass is 16.5. The number of benzene rings is 1. The third-order valence-electron chi connectivity index (χ3n) is 3.58. The Morgan fingerprint density at radius 2 is 2.00 bits per heavy atom. The Kier molecular flexibility index (Phi) is 5.21. The van der Waals surface area contributed by atoms with E-state index >= 15 is 0 Å². The zero-order valence-corrected chi connectivity index (χ0v) is 11.5. The number of carbonyl (C=O) groups excluding carboxylic acids is 1. The van der Waals surface area contributed by atoms with Gasteiger partial charge in [-0.3, -0.25) is 4.79 Å². The second-order valence-corrected chi connectivity index (χ2v) is 4.86. The van der Waals surface area contributed by atoms with Gasteiger partial charge >= 0.3 is 0 Å². The van der Waals surface area contributed by atoms with Crippen molar-refractivity contribution in [3.05, 3.63) is 30.3 Å². The molecule has 0 spiro atoms. The Labute approximate surface area is 114 Å². The fourth-order valence-electron chi connectivity index (χ4n) is 2.35. The topological polar surface area (TPSA) is 41.6 Å². The van der Waals surface area contributed by atoms with Crippen molar-refractivity contribution in [1.82, 2.24) is 10.2 Å². The van der Waals surface area contributed by atoms with E-state index in [9.17, 15) is 4.79 Å². The molecule has 1 aliphatic heterocycles. The number of amides is 1. The molecular formula is C15H22N2O2. The molecule has 1 amide bonds. The first-order valence-corrected chi connectivity index (χ1v) is 6.92. The van der Waals surface area contributed by atoms with Crippen molar-refractivity contribution in [2.45, 2.75) is 25.3 Å². The lowest BCUT2D eigenvalue weighted by Crippen LogP contribution is -2.44. The average Bonchev–Trinajstić information content (AvgIpc) is 2.48. The van der Waals surface area contributed by atoms with Crippen LogP contribution in [0.5, 0.6) is 5.75 Å². The lowest BCUT2D eigenvalue weighted by atomic mass is 10.1. The summed E-state index contributed by atoms with van der Waals surface area (Å²) in [5.41, 5.74) is 0. The summed E-state index contributed by atoms with van der Waals surface area (Å²) in [7, 11) is 1.98. The number of ether oxygens (including phenoxy) is 1. The van der Waals surface area contributed by atoms with Crippen molar-refractivity contribution in [2.75, 3.05) is 26.7 Å². The number of hydrogen-bond acceptors (Lipinski definition) is 3. The Morgan fingerprint density at radius 3 is 2.63 bits per heavy atom. The van der Waals surface area contributed by atoms with Crippen LogP contribution in [0.4, 0.5) is 0 Å². The van der Waals surface area contributed by atoms with Crippen molar-refractivity contribution in [2.24, 2.45) is 0 Å². The lowest BCUT2D eigenvalue weighted by Gasteiger charge is -2.31. The minimum absolute atomic E-state index is 0.200. The molecule has 19 heavy (non-hydrogen) atoms. The molecule has 2 rings (SSSR count). The highest BCUT2D eigenvalue weighted by Gasteiger charge is 2.21. The molecule has 0 aliphatic carbocycles. The van der Waals surface area contributed by atoms with Crippen LogP contribution in [0.15, 0.2) is 30.3 Å². The first-order valence-electron chi connectivity index (χ1n) is 6.92. The van der Waals surface area contributed by atoms with Crippen LogP contribution in [-0.4, -0.2) is 43.6 Å². The molecule has 1 aromatic rings. The summed E-state index contributed by atoms with van der Waals surface area (Å²) >= 11 is 0. The van der Waals surface area contributed by atoms with Crippen LogP contribution in [0.25, 0.3) is 0 Å². The van der Waals surface area contributed by atoms with E-state index in [1.165, 1.54) is 0 Å². The standard InChI is InChI=1S/C15H22N2O2/c1-16-13-7-10-17(11-8-13)15(18)9-12-19-14-5-3-2-4-6-14/h2-6,13,16H,7-12H2,1H3. The van der Waals surface area contributed by atoms with E-state index in [2.05, 4.69) is 5.32 Å². The summed E-state index contributed by atoms with van der Waals surface area (Å²) in [6.07, 6.45) is 2.54. The van der Waals surface area contributed by atoms with Gasteiger partial charge in [0.15, 0.2) is 0 Å². The van der Waals surface area contributed by atoms with Crippen LogP contribution in [0.3, 0.4) is 0 Å². The molecule has 1 aromatic carbocycles. The first-order chi connectivity index (χ1) is 9.29. The maximum atomic E-state index is 12.0. The number of nitrogens with zero attached hydrogens (tertiary/aromatic N) is 1. The number of likely N-dealkylation sites (tertiary alicyclic amines) is 1. The van der Waals surface area contributed by atoms with E-state index in [0.717, 1.165) is 31.7 Å². The van der Waals surface area contributed by atoms with E-state index < -0.39 is 0 Å². The maximum Gasteiger partial charge on any atom is 0.225 e. The number of hydrogen-bond donors (Lipinski definition) is 1. The van der Waals surface area contributed by atoms with Gasteiger partial charge in [0.25, 0.3) is 0 Å². The second-order valence-electron chi connectivity index (χ2n) is 4.86. The van der Waals surface area contributed by atoms with E-state index in [1.54, 1.807) is 0 Å². The third-order valence-corrected chi connectivity index (χ3v) is 3.58. The lowest BCUT2D eigenvalue weighted by molar-refractivity contribution is -0.132.